The molecule has 1 amide bonds. The molecule has 28 heavy (non-hydrogen) atoms. The molecular weight excluding hydrogens is 417 g/mol. The molecule has 2 aromatic heterocycles. The van der Waals surface area contributed by atoms with Crippen molar-refractivity contribution in [1.29, 1.82) is 0 Å². The third kappa shape index (κ3) is 2.92. The van der Waals surface area contributed by atoms with Crippen molar-refractivity contribution in [3.63, 3.8) is 0 Å². The van der Waals surface area contributed by atoms with Crippen LogP contribution < -0.4 is 10.6 Å². The van der Waals surface area contributed by atoms with Crippen molar-refractivity contribution in [2.75, 3.05) is 18.9 Å². The summed E-state index contributed by atoms with van der Waals surface area (Å²) in [7, 11) is 2.10. The average molecular weight is 434 g/mol. The summed E-state index contributed by atoms with van der Waals surface area (Å²) >= 11 is 14.1. The molecule has 0 saturated carbocycles. The number of benzene rings is 1. The third-order valence-corrected chi connectivity index (χ3v) is 7.12. The van der Waals surface area contributed by atoms with Crippen LogP contribution in [0, 0.1) is 0 Å². The van der Waals surface area contributed by atoms with Crippen LogP contribution in [0.3, 0.4) is 0 Å². The van der Waals surface area contributed by atoms with Crippen LogP contribution in [0.15, 0.2) is 34.7 Å². The van der Waals surface area contributed by atoms with E-state index in [4.69, 9.17) is 27.6 Å². The van der Waals surface area contributed by atoms with E-state index in [9.17, 15) is 4.79 Å². The lowest BCUT2D eigenvalue weighted by atomic mass is 10.0. The van der Waals surface area contributed by atoms with Gasteiger partial charge in [-0.3, -0.25) is 4.79 Å². The maximum Gasteiger partial charge on any atom is 0.256 e. The zero-order valence-electron chi connectivity index (χ0n) is 15.0. The zero-order chi connectivity index (χ0) is 19.4. The van der Waals surface area contributed by atoms with Crippen molar-refractivity contribution in [1.82, 2.24) is 10.2 Å². The van der Waals surface area contributed by atoms with Gasteiger partial charge in [0.05, 0.1) is 15.6 Å². The average Bonchev–Trinajstić information content (AvgIpc) is 3.28. The molecule has 0 radical (unpaired) electrons. The number of carbonyl (C=O) groups excluding carboxylic acids is 1. The Morgan fingerprint density at radius 3 is 2.93 bits per heavy atom. The molecule has 0 saturated heterocycles. The molecule has 4 heterocycles. The Balaban J connectivity index is 1.46. The number of hydrogen-bond donors (Lipinski definition) is 2. The van der Waals surface area contributed by atoms with E-state index in [1.165, 1.54) is 10.4 Å². The smallest absolute Gasteiger partial charge is 0.256 e. The lowest BCUT2D eigenvalue weighted by molar-refractivity contribution is 0.0930. The van der Waals surface area contributed by atoms with Gasteiger partial charge in [-0.2, -0.15) is 0 Å². The molecule has 0 fully saturated rings. The van der Waals surface area contributed by atoms with E-state index >= 15 is 0 Å². The maximum atomic E-state index is 12.8. The van der Waals surface area contributed by atoms with Crippen LogP contribution >= 0.6 is 34.5 Å². The first-order valence-corrected chi connectivity index (χ1v) is 10.5. The van der Waals surface area contributed by atoms with Crippen molar-refractivity contribution >= 4 is 45.4 Å². The number of amides is 1. The molecule has 144 valence electrons. The van der Waals surface area contributed by atoms with Gasteiger partial charge in [0.1, 0.15) is 16.5 Å². The van der Waals surface area contributed by atoms with Gasteiger partial charge >= 0.3 is 0 Å². The number of likely N-dealkylation sites (N-methyl/N-ethyl adjacent to an activating group) is 1. The molecule has 0 spiro atoms. The number of fused-ring (bicyclic) bond motifs is 3. The van der Waals surface area contributed by atoms with Crippen LogP contribution in [-0.2, 0) is 13.0 Å². The van der Waals surface area contributed by atoms with E-state index in [-0.39, 0.29) is 5.91 Å². The second kappa shape index (κ2) is 6.81. The van der Waals surface area contributed by atoms with Gasteiger partial charge in [-0.05, 0) is 43.3 Å². The highest BCUT2D eigenvalue weighted by Gasteiger charge is 2.34. The van der Waals surface area contributed by atoms with Gasteiger partial charge in [-0.1, -0.05) is 29.3 Å². The zero-order valence-corrected chi connectivity index (χ0v) is 17.3. The quantitative estimate of drug-likeness (QED) is 0.585. The fourth-order valence-electron chi connectivity index (χ4n) is 3.73. The molecule has 0 aliphatic carbocycles. The Morgan fingerprint density at radius 1 is 1.21 bits per heavy atom. The summed E-state index contributed by atoms with van der Waals surface area (Å²) in [4.78, 5) is 16.3. The Hall–Kier alpha value is -1.99. The van der Waals surface area contributed by atoms with Crippen molar-refractivity contribution in [3.05, 3.63) is 62.1 Å². The fraction of sp³-hybridized carbons (Fsp3) is 0.250. The molecule has 2 N–H and O–H groups in total. The van der Waals surface area contributed by atoms with E-state index in [0.717, 1.165) is 35.6 Å². The normalized spacial score (nSPS) is 19.0. The minimum atomic E-state index is -0.426. The molecule has 8 heteroatoms. The first-order chi connectivity index (χ1) is 13.5. The van der Waals surface area contributed by atoms with Crippen LogP contribution in [-0.4, -0.2) is 24.4 Å². The standard InChI is InChI=1S/C20H17Cl2N3O2S/c1-25-8-7-11-15(9-25)28-20-16(11)19(26)23-18(24-20)14-6-5-13(27-14)10-3-2-4-12(21)17(10)22/h2-6,18,24H,7-9H2,1H3,(H,23,26)/t18-/m0/s1. The van der Waals surface area contributed by atoms with Crippen molar-refractivity contribution in [2.45, 2.75) is 19.1 Å². The Morgan fingerprint density at radius 2 is 2.07 bits per heavy atom. The molecule has 3 aromatic rings. The SMILES string of the molecule is CN1CCc2c(sc3c2C(=O)N[C@H](c2ccc(-c4cccc(Cl)c4Cl)o2)N3)C1. The van der Waals surface area contributed by atoms with E-state index < -0.39 is 6.17 Å². The molecule has 0 unspecified atom stereocenters. The van der Waals surface area contributed by atoms with Crippen LogP contribution in [0.1, 0.15) is 32.7 Å². The van der Waals surface area contributed by atoms with Crippen molar-refractivity contribution < 1.29 is 9.21 Å². The highest BCUT2D eigenvalue weighted by molar-refractivity contribution is 7.16. The van der Waals surface area contributed by atoms with Gasteiger partial charge in [-0.25, -0.2) is 0 Å². The van der Waals surface area contributed by atoms with Crippen molar-refractivity contribution in [2.24, 2.45) is 0 Å². The summed E-state index contributed by atoms with van der Waals surface area (Å²) in [5.41, 5.74) is 2.68. The minimum absolute atomic E-state index is 0.0560. The van der Waals surface area contributed by atoms with E-state index in [0.29, 0.717) is 21.6 Å². The highest BCUT2D eigenvalue weighted by Crippen LogP contribution is 2.41. The van der Waals surface area contributed by atoms with Gasteiger partial charge in [0.25, 0.3) is 5.91 Å². The predicted molar refractivity (Wildman–Crippen MR) is 112 cm³/mol. The molecule has 2 aliphatic rings. The van der Waals surface area contributed by atoms with Gasteiger partial charge in [0.2, 0.25) is 0 Å². The van der Waals surface area contributed by atoms with Crippen LogP contribution in [0.25, 0.3) is 11.3 Å². The third-order valence-electron chi connectivity index (χ3n) is 5.15. The second-order valence-electron chi connectivity index (χ2n) is 7.05. The Labute approximate surface area is 176 Å². The number of nitrogens with one attached hydrogen (secondary N) is 2. The number of thiophene rings is 1. The monoisotopic (exact) mass is 433 g/mol. The molecule has 1 aromatic carbocycles. The van der Waals surface area contributed by atoms with Gasteiger partial charge < -0.3 is 20.0 Å². The minimum Gasteiger partial charge on any atom is -0.457 e. The highest BCUT2D eigenvalue weighted by atomic mass is 35.5. The number of rotatable bonds is 2. The summed E-state index contributed by atoms with van der Waals surface area (Å²) in [6.45, 7) is 1.85. The Bertz CT molecular complexity index is 1090. The summed E-state index contributed by atoms with van der Waals surface area (Å²) < 4.78 is 6.00. The number of carbonyl (C=O) groups is 1. The number of furan rings is 1. The number of anilines is 1. The fourth-order valence-corrected chi connectivity index (χ4v) is 5.48. The van der Waals surface area contributed by atoms with Crippen LogP contribution in [0.2, 0.25) is 10.0 Å². The molecule has 5 nitrogen and oxygen atoms in total. The molecule has 5 rings (SSSR count). The van der Waals surface area contributed by atoms with Gasteiger partial charge in [-0.15, -0.1) is 11.3 Å². The largest absolute Gasteiger partial charge is 0.457 e. The molecule has 2 aliphatic heterocycles. The molecule has 0 bridgehead atoms. The van der Waals surface area contributed by atoms with E-state index in [1.54, 1.807) is 17.4 Å². The second-order valence-corrected chi connectivity index (χ2v) is 8.94. The topological polar surface area (TPSA) is 57.5 Å². The van der Waals surface area contributed by atoms with E-state index in [1.807, 2.05) is 24.3 Å². The summed E-state index contributed by atoms with van der Waals surface area (Å²) in [6.07, 6.45) is 0.472. The summed E-state index contributed by atoms with van der Waals surface area (Å²) in [5, 5.41) is 8.27. The van der Waals surface area contributed by atoms with E-state index in [2.05, 4.69) is 22.6 Å². The molecular formula is C20H17Cl2N3O2S. The first-order valence-electron chi connectivity index (χ1n) is 8.96. The number of hydrogen-bond acceptors (Lipinski definition) is 5. The summed E-state index contributed by atoms with van der Waals surface area (Å²) in [5.74, 6) is 1.17. The maximum absolute atomic E-state index is 12.8. The molecule has 1 atom stereocenters. The number of halogens is 2. The predicted octanol–water partition coefficient (Wildman–Crippen LogP) is 5.16. The lowest BCUT2D eigenvalue weighted by Gasteiger charge is -2.26. The summed E-state index contributed by atoms with van der Waals surface area (Å²) in [6, 6.07) is 9.09. The number of nitrogens with zero attached hydrogens (tertiary/aromatic N) is 1. The van der Waals surface area contributed by atoms with Crippen LogP contribution in [0.5, 0.6) is 0 Å². The Kier molecular flexibility index (Phi) is 4.39. The first kappa shape index (κ1) is 18.1. The lowest BCUT2D eigenvalue weighted by Crippen LogP contribution is -2.38. The van der Waals surface area contributed by atoms with Crippen molar-refractivity contribution in [3.8, 4) is 11.3 Å². The van der Waals surface area contributed by atoms with Gasteiger partial charge in [0, 0.05) is 23.5 Å². The van der Waals surface area contributed by atoms with Gasteiger partial charge in [0.15, 0.2) is 6.17 Å². The van der Waals surface area contributed by atoms with Crippen LogP contribution in [0.4, 0.5) is 5.00 Å².